The molecule has 1 heterocycles. The van der Waals surface area contributed by atoms with Crippen LogP contribution < -0.4 is 11.1 Å². The molecule has 0 bridgehead atoms. The van der Waals surface area contributed by atoms with Crippen molar-refractivity contribution < 1.29 is 9.84 Å². The minimum atomic E-state index is -0.329. The first-order chi connectivity index (χ1) is 7.61. The average Bonchev–Trinajstić information content (AvgIpc) is 2.16. The smallest absolute Gasteiger partial charge is 0.158 e. The van der Waals surface area contributed by atoms with Crippen molar-refractivity contribution in [2.75, 3.05) is 24.7 Å². The lowest BCUT2D eigenvalue weighted by Gasteiger charge is -2.09. The number of aliphatic hydroxyl groups excluding tert-OH is 1. The zero-order valence-electron chi connectivity index (χ0n) is 9.60. The Morgan fingerprint density at radius 3 is 2.94 bits per heavy atom. The van der Waals surface area contributed by atoms with Gasteiger partial charge < -0.3 is 20.9 Å². The number of aliphatic hydroxyl groups is 1. The number of anilines is 2. The number of hydrogen-bond acceptors (Lipinski definition) is 6. The van der Waals surface area contributed by atoms with E-state index in [4.69, 9.17) is 15.6 Å². The first-order valence-electron chi connectivity index (χ1n) is 5.16. The molecule has 1 aromatic rings. The summed E-state index contributed by atoms with van der Waals surface area (Å²) < 4.78 is 4.93. The SMILES string of the molecule is COCc1nc(N)cc(NCCC(C)O)n1. The summed E-state index contributed by atoms with van der Waals surface area (Å²) in [5, 5.41) is 12.2. The normalized spacial score (nSPS) is 12.4. The van der Waals surface area contributed by atoms with E-state index >= 15 is 0 Å². The fraction of sp³-hybridized carbons (Fsp3) is 0.600. The first kappa shape index (κ1) is 12.7. The van der Waals surface area contributed by atoms with Crippen LogP contribution in [0, 0.1) is 0 Å². The summed E-state index contributed by atoms with van der Waals surface area (Å²) in [4.78, 5) is 8.23. The molecule has 6 heteroatoms. The quantitative estimate of drug-likeness (QED) is 0.649. The molecule has 0 amide bonds. The van der Waals surface area contributed by atoms with Crippen LogP contribution in [0.25, 0.3) is 0 Å². The third-order valence-corrected chi connectivity index (χ3v) is 1.93. The number of ether oxygens (including phenoxy) is 1. The van der Waals surface area contributed by atoms with Crippen LogP contribution in [-0.2, 0) is 11.3 Å². The highest BCUT2D eigenvalue weighted by Gasteiger charge is 2.02. The zero-order chi connectivity index (χ0) is 12.0. The maximum atomic E-state index is 9.11. The van der Waals surface area contributed by atoms with Crippen LogP contribution in [0.15, 0.2) is 6.07 Å². The predicted molar refractivity (Wildman–Crippen MR) is 61.9 cm³/mol. The van der Waals surface area contributed by atoms with Gasteiger partial charge in [-0.05, 0) is 13.3 Å². The largest absolute Gasteiger partial charge is 0.393 e. The average molecular weight is 226 g/mol. The predicted octanol–water partition coefficient (Wildman–Crippen LogP) is 0.388. The van der Waals surface area contributed by atoms with Gasteiger partial charge in [0.05, 0.1) is 6.10 Å². The minimum absolute atomic E-state index is 0.329. The Labute approximate surface area is 94.9 Å². The van der Waals surface area contributed by atoms with Gasteiger partial charge in [-0.3, -0.25) is 0 Å². The number of nitrogen functional groups attached to an aromatic ring is 1. The molecular formula is C10H18N4O2. The molecule has 0 aliphatic rings. The lowest BCUT2D eigenvalue weighted by Crippen LogP contribution is -2.12. The van der Waals surface area contributed by atoms with E-state index < -0.39 is 0 Å². The maximum absolute atomic E-state index is 9.11. The Bertz CT molecular complexity index is 331. The number of aromatic nitrogens is 2. The van der Waals surface area contributed by atoms with Crippen molar-refractivity contribution in [2.24, 2.45) is 0 Å². The van der Waals surface area contributed by atoms with Crippen molar-refractivity contribution in [1.82, 2.24) is 9.97 Å². The van der Waals surface area contributed by atoms with Crippen LogP contribution in [0.1, 0.15) is 19.2 Å². The van der Waals surface area contributed by atoms with E-state index in [-0.39, 0.29) is 6.10 Å². The van der Waals surface area contributed by atoms with Crippen molar-refractivity contribution >= 4 is 11.6 Å². The Balaban J connectivity index is 2.58. The van der Waals surface area contributed by atoms with E-state index in [2.05, 4.69) is 15.3 Å². The molecule has 6 nitrogen and oxygen atoms in total. The standard InChI is InChI=1S/C10H18N4O2/c1-7(15)3-4-12-9-5-8(11)13-10(14-9)6-16-2/h5,7,15H,3-4,6H2,1-2H3,(H3,11,12,13,14). The van der Waals surface area contributed by atoms with Crippen LogP contribution in [0.2, 0.25) is 0 Å². The summed E-state index contributed by atoms with van der Waals surface area (Å²) in [6.07, 6.45) is 0.328. The Hall–Kier alpha value is -1.40. The summed E-state index contributed by atoms with van der Waals surface area (Å²) in [6, 6.07) is 1.65. The third kappa shape index (κ3) is 4.41. The monoisotopic (exact) mass is 226 g/mol. The van der Waals surface area contributed by atoms with Gasteiger partial charge in [0.15, 0.2) is 5.82 Å². The molecule has 1 unspecified atom stereocenters. The van der Waals surface area contributed by atoms with Crippen molar-refractivity contribution in [3.8, 4) is 0 Å². The van der Waals surface area contributed by atoms with Gasteiger partial charge in [0, 0.05) is 19.7 Å². The third-order valence-electron chi connectivity index (χ3n) is 1.93. The minimum Gasteiger partial charge on any atom is -0.393 e. The number of methoxy groups -OCH3 is 1. The second-order valence-electron chi connectivity index (χ2n) is 3.59. The Kier molecular flexibility index (Phi) is 4.94. The lowest BCUT2D eigenvalue weighted by molar-refractivity contribution is 0.178. The molecule has 0 fully saturated rings. The Morgan fingerprint density at radius 2 is 2.31 bits per heavy atom. The van der Waals surface area contributed by atoms with Crippen molar-refractivity contribution in [3.05, 3.63) is 11.9 Å². The highest BCUT2D eigenvalue weighted by molar-refractivity contribution is 5.44. The van der Waals surface area contributed by atoms with Gasteiger partial charge in [0.1, 0.15) is 18.2 Å². The number of nitrogens with two attached hydrogens (primary N) is 1. The molecule has 16 heavy (non-hydrogen) atoms. The van der Waals surface area contributed by atoms with E-state index in [1.54, 1.807) is 20.1 Å². The summed E-state index contributed by atoms with van der Waals surface area (Å²) in [6.45, 7) is 2.71. The van der Waals surface area contributed by atoms with E-state index in [0.717, 1.165) is 0 Å². The fourth-order valence-corrected chi connectivity index (χ4v) is 1.21. The summed E-state index contributed by atoms with van der Waals surface area (Å²) in [5.41, 5.74) is 5.63. The summed E-state index contributed by atoms with van der Waals surface area (Å²) in [5.74, 6) is 1.60. The van der Waals surface area contributed by atoms with Gasteiger partial charge in [0.2, 0.25) is 0 Å². The van der Waals surface area contributed by atoms with E-state index in [9.17, 15) is 0 Å². The molecule has 90 valence electrons. The van der Waals surface area contributed by atoms with Crippen LogP contribution in [0.3, 0.4) is 0 Å². The van der Waals surface area contributed by atoms with Crippen LogP contribution in [0.4, 0.5) is 11.6 Å². The fourth-order valence-electron chi connectivity index (χ4n) is 1.21. The summed E-state index contributed by atoms with van der Waals surface area (Å²) in [7, 11) is 1.58. The lowest BCUT2D eigenvalue weighted by atomic mass is 10.3. The van der Waals surface area contributed by atoms with Crippen LogP contribution in [0.5, 0.6) is 0 Å². The van der Waals surface area contributed by atoms with Gasteiger partial charge >= 0.3 is 0 Å². The molecule has 1 rings (SSSR count). The molecule has 0 aliphatic carbocycles. The van der Waals surface area contributed by atoms with Gasteiger partial charge in [-0.25, -0.2) is 9.97 Å². The molecule has 1 atom stereocenters. The second kappa shape index (κ2) is 6.24. The second-order valence-corrected chi connectivity index (χ2v) is 3.59. The zero-order valence-corrected chi connectivity index (χ0v) is 9.60. The Morgan fingerprint density at radius 1 is 1.56 bits per heavy atom. The van der Waals surface area contributed by atoms with Crippen LogP contribution >= 0.6 is 0 Å². The van der Waals surface area contributed by atoms with E-state index in [1.807, 2.05) is 0 Å². The van der Waals surface area contributed by atoms with Gasteiger partial charge in [0.25, 0.3) is 0 Å². The van der Waals surface area contributed by atoms with Crippen molar-refractivity contribution in [3.63, 3.8) is 0 Å². The molecule has 0 saturated carbocycles. The van der Waals surface area contributed by atoms with Gasteiger partial charge in [-0.2, -0.15) is 0 Å². The van der Waals surface area contributed by atoms with E-state index in [0.29, 0.717) is 37.0 Å². The number of nitrogens with one attached hydrogen (secondary N) is 1. The molecule has 0 radical (unpaired) electrons. The molecule has 0 saturated heterocycles. The number of hydrogen-bond donors (Lipinski definition) is 3. The molecule has 1 aromatic heterocycles. The highest BCUT2D eigenvalue weighted by Crippen LogP contribution is 2.09. The molecule has 0 aromatic carbocycles. The topological polar surface area (TPSA) is 93.3 Å². The van der Waals surface area contributed by atoms with E-state index in [1.165, 1.54) is 0 Å². The highest BCUT2D eigenvalue weighted by atomic mass is 16.5. The van der Waals surface area contributed by atoms with Crippen molar-refractivity contribution in [1.29, 1.82) is 0 Å². The van der Waals surface area contributed by atoms with Gasteiger partial charge in [-0.15, -0.1) is 0 Å². The number of nitrogens with zero attached hydrogens (tertiary/aromatic N) is 2. The summed E-state index contributed by atoms with van der Waals surface area (Å²) >= 11 is 0. The maximum Gasteiger partial charge on any atom is 0.158 e. The molecule has 0 aliphatic heterocycles. The molecular weight excluding hydrogens is 208 g/mol. The first-order valence-corrected chi connectivity index (χ1v) is 5.16. The molecule has 0 spiro atoms. The van der Waals surface area contributed by atoms with Gasteiger partial charge in [-0.1, -0.05) is 0 Å². The van der Waals surface area contributed by atoms with Crippen molar-refractivity contribution in [2.45, 2.75) is 26.1 Å². The molecule has 4 N–H and O–H groups in total. The number of rotatable bonds is 6. The van der Waals surface area contributed by atoms with Crippen LogP contribution in [-0.4, -0.2) is 34.8 Å².